The molecule has 0 unspecified atom stereocenters. The molecule has 0 aliphatic heterocycles. The molecule has 0 aromatic rings. The molecule has 0 aromatic carbocycles. The Morgan fingerprint density at radius 1 is 1.24 bits per heavy atom. The molecule has 0 fully saturated rings. The molecule has 1 amide bonds. The molecule has 0 rings (SSSR count). The summed E-state index contributed by atoms with van der Waals surface area (Å²) in [4.78, 5) is 12.2. The Kier molecular flexibility index (Phi) is 7.34. The van der Waals surface area contributed by atoms with Crippen LogP contribution in [0.25, 0.3) is 0 Å². The van der Waals surface area contributed by atoms with Gasteiger partial charge < -0.3 is 16.3 Å². The van der Waals surface area contributed by atoms with Crippen molar-refractivity contribution in [3.8, 4) is 0 Å². The summed E-state index contributed by atoms with van der Waals surface area (Å²) in [6.07, 6.45) is 3.71. The minimum Gasteiger partial charge on any atom is -0.409 e. The Balaban J connectivity index is 5.07. The number of carbonyl (C=O) groups is 1. The Morgan fingerprint density at radius 2 is 1.76 bits per heavy atom. The molecule has 0 bridgehead atoms. The van der Waals surface area contributed by atoms with E-state index in [-0.39, 0.29) is 11.7 Å². The van der Waals surface area contributed by atoms with E-state index in [2.05, 4.69) is 10.5 Å². The van der Waals surface area contributed by atoms with Crippen molar-refractivity contribution in [3.05, 3.63) is 0 Å². The monoisotopic (exact) mass is 243 g/mol. The molecule has 17 heavy (non-hydrogen) atoms. The van der Waals surface area contributed by atoms with Gasteiger partial charge in [-0.3, -0.25) is 4.79 Å². The van der Waals surface area contributed by atoms with Crippen LogP contribution in [-0.4, -0.2) is 23.5 Å². The zero-order valence-electron chi connectivity index (χ0n) is 11.1. The molecule has 0 heterocycles. The SMILES string of the molecule is CCCNC(=O)C(CCC)(CCC)/C(N)=N/O. The number of amides is 1. The van der Waals surface area contributed by atoms with E-state index >= 15 is 0 Å². The maximum atomic E-state index is 12.2. The predicted molar refractivity (Wildman–Crippen MR) is 69.0 cm³/mol. The molecule has 0 aliphatic carbocycles. The van der Waals surface area contributed by atoms with Crippen molar-refractivity contribution in [2.75, 3.05) is 6.54 Å². The van der Waals surface area contributed by atoms with E-state index in [9.17, 15) is 4.79 Å². The van der Waals surface area contributed by atoms with Gasteiger partial charge in [0.15, 0.2) is 5.84 Å². The Labute approximate surface area is 103 Å². The fourth-order valence-corrected chi connectivity index (χ4v) is 2.08. The first-order valence-electron chi connectivity index (χ1n) is 6.35. The smallest absolute Gasteiger partial charge is 0.233 e. The highest BCUT2D eigenvalue weighted by Gasteiger charge is 2.41. The first-order valence-corrected chi connectivity index (χ1v) is 6.35. The molecular formula is C12H25N3O2. The van der Waals surface area contributed by atoms with Crippen molar-refractivity contribution in [1.29, 1.82) is 0 Å². The molecular weight excluding hydrogens is 218 g/mol. The fraction of sp³-hybridized carbons (Fsp3) is 0.833. The van der Waals surface area contributed by atoms with Crippen LogP contribution in [0.2, 0.25) is 0 Å². The van der Waals surface area contributed by atoms with Gasteiger partial charge in [-0.15, -0.1) is 0 Å². The van der Waals surface area contributed by atoms with E-state index in [0.29, 0.717) is 19.4 Å². The maximum Gasteiger partial charge on any atom is 0.233 e. The summed E-state index contributed by atoms with van der Waals surface area (Å²) >= 11 is 0. The lowest BCUT2D eigenvalue weighted by molar-refractivity contribution is -0.128. The lowest BCUT2D eigenvalue weighted by Gasteiger charge is -2.30. The second-order valence-electron chi connectivity index (χ2n) is 4.32. The van der Waals surface area contributed by atoms with Crippen LogP contribution in [0.5, 0.6) is 0 Å². The molecule has 0 atom stereocenters. The number of hydrogen-bond donors (Lipinski definition) is 3. The number of amidine groups is 1. The zero-order valence-corrected chi connectivity index (χ0v) is 11.1. The number of rotatable bonds is 8. The minimum absolute atomic E-state index is 0.0230. The second-order valence-corrected chi connectivity index (χ2v) is 4.32. The molecule has 0 aliphatic rings. The van der Waals surface area contributed by atoms with E-state index in [1.54, 1.807) is 0 Å². The van der Waals surface area contributed by atoms with Crippen LogP contribution in [0.4, 0.5) is 0 Å². The highest BCUT2D eigenvalue weighted by Crippen LogP contribution is 2.30. The molecule has 5 heteroatoms. The van der Waals surface area contributed by atoms with E-state index in [4.69, 9.17) is 10.9 Å². The summed E-state index contributed by atoms with van der Waals surface area (Å²) in [6.45, 7) is 6.59. The summed E-state index contributed by atoms with van der Waals surface area (Å²) in [5.74, 6) is -0.104. The predicted octanol–water partition coefficient (Wildman–Crippen LogP) is 1.85. The van der Waals surface area contributed by atoms with Gasteiger partial charge in [0.25, 0.3) is 0 Å². The standard InChI is InChI=1S/C12H25N3O2/c1-4-7-12(8-5-2,10(13)15-17)11(16)14-9-6-3/h17H,4-9H2,1-3H3,(H2,13,15)(H,14,16). The third-order valence-corrected chi connectivity index (χ3v) is 2.92. The number of nitrogens with zero attached hydrogens (tertiary/aromatic N) is 1. The van der Waals surface area contributed by atoms with Crippen molar-refractivity contribution >= 4 is 11.7 Å². The van der Waals surface area contributed by atoms with Crippen molar-refractivity contribution in [3.63, 3.8) is 0 Å². The zero-order chi connectivity index (χ0) is 13.3. The van der Waals surface area contributed by atoms with E-state index in [1.165, 1.54) is 0 Å². The largest absolute Gasteiger partial charge is 0.409 e. The first-order chi connectivity index (χ1) is 8.08. The lowest BCUT2D eigenvalue weighted by Crippen LogP contribution is -2.50. The lowest BCUT2D eigenvalue weighted by atomic mass is 9.77. The number of nitrogens with one attached hydrogen (secondary N) is 1. The van der Waals surface area contributed by atoms with Crippen molar-refractivity contribution in [2.24, 2.45) is 16.3 Å². The van der Waals surface area contributed by atoms with Crippen LogP contribution in [0, 0.1) is 5.41 Å². The van der Waals surface area contributed by atoms with Crippen LogP contribution in [0.1, 0.15) is 52.9 Å². The molecule has 0 aromatic heterocycles. The van der Waals surface area contributed by atoms with E-state index in [1.807, 2.05) is 20.8 Å². The van der Waals surface area contributed by atoms with Gasteiger partial charge in [-0.25, -0.2) is 0 Å². The van der Waals surface area contributed by atoms with Crippen LogP contribution in [0.15, 0.2) is 5.16 Å². The van der Waals surface area contributed by atoms with Crippen molar-refractivity contribution in [2.45, 2.75) is 52.9 Å². The molecule has 4 N–H and O–H groups in total. The summed E-state index contributed by atoms with van der Waals surface area (Å²) < 4.78 is 0. The number of nitrogens with two attached hydrogens (primary N) is 1. The molecule has 5 nitrogen and oxygen atoms in total. The third-order valence-electron chi connectivity index (χ3n) is 2.92. The Bertz CT molecular complexity index is 258. The topological polar surface area (TPSA) is 87.7 Å². The van der Waals surface area contributed by atoms with Crippen LogP contribution in [0.3, 0.4) is 0 Å². The normalized spacial score (nSPS) is 12.5. The number of hydrogen-bond acceptors (Lipinski definition) is 3. The van der Waals surface area contributed by atoms with Gasteiger partial charge in [-0.05, 0) is 19.3 Å². The number of carbonyl (C=O) groups excluding carboxylic acids is 1. The van der Waals surface area contributed by atoms with Gasteiger partial charge in [0.1, 0.15) is 5.41 Å². The molecule has 0 saturated carbocycles. The van der Waals surface area contributed by atoms with Crippen molar-refractivity contribution in [1.82, 2.24) is 5.32 Å². The average Bonchev–Trinajstić information content (AvgIpc) is 2.34. The molecule has 0 radical (unpaired) electrons. The molecule has 0 spiro atoms. The van der Waals surface area contributed by atoms with Crippen LogP contribution >= 0.6 is 0 Å². The number of oxime groups is 1. The van der Waals surface area contributed by atoms with Gasteiger partial charge >= 0.3 is 0 Å². The highest BCUT2D eigenvalue weighted by molar-refractivity contribution is 6.06. The quantitative estimate of drug-likeness (QED) is 0.263. The van der Waals surface area contributed by atoms with Gasteiger partial charge in [0.05, 0.1) is 0 Å². The average molecular weight is 243 g/mol. The second kappa shape index (κ2) is 7.92. The summed E-state index contributed by atoms with van der Waals surface area (Å²) in [6, 6.07) is 0. The fourth-order valence-electron chi connectivity index (χ4n) is 2.08. The van der Waals surface area contributed by atoms with E-state index < -0.39 is 5.41 Å². The van der Waals surface area contributed by atoms with Gasteiger partial charge in [0.2, 0.25) is 5.91 Å². The first kappa shape index (κ1) is 15.7. The highest BCUT2D eigenvalue weighted by atomic mass is 16.4. The summed E-state index contributed by atoms with van der Waals surface area (Å²) in [5.41, 5.74) is 4.88. The minimum atomic E-state index is -0.854. The third kappa shape index (κ3) is 3.91. The summed E-state index contributed by atoms with van der Waals surface area (Å²) in [7, 11) is 0. The molecule has 0 saturated heterocycles. The van der Waals surface area contributed by atoms with Gasteiger partial charge in [-0.2, -0.15) is 0 Å². The summed E-state index contributed by atoms with van der Waals surface area (Å²) in [5, 5.41) is 14.8. The Morgan fingerprint density at radius 3 is 2.12 bits per heavy atom. The van der Waals surface area contributed by atoms with Gasteiger partial charge in [0, 0.05) is 6.54 Å². The molecule has 100 valence electrons. The van der Waals surface area contributed by atoms with Crippen molar-refractivity contribution < 1.29 is 10.0 Å². The van der Waals surface area contributed by atoms with E-state index in [0.717, 1.165) is 19.3 Å². The van der Waals surface area contributed by atoms with Gasteiger partial charge in [-0.1, -0.05) is 38.8 Å². The van der Waals surface area contributed by atoms with Crippen LogP contribution < -0.4 is 11.1 Å². The van der Waals surface area contributed by atoms with Crippen LogP contribution in [-0.2, 0) is 4.79 Å². The Hall–Kier alpha value is -1.26. The maximum absolute atomic E-state index is 12.2.